The molecule has 0 bridgehead atoms. The molecule has 0 aliphatic carbocycles. The van der Waals surface area contributed by atoms with Crippen molar-refractivity contribution >= 4 is 29.5 Å². The summed E-state index contributed by atoms with van der Waals surface area (Å²) in [6.45, 7) is 3.08. The van der Waals surface area contributed by atoms with E-state index in [4.69, 9.17) is 0 Å². The van der Waals surface area contributed by atoms with E-state index in [1.165, 1.54) is 18.7 Å². The first-order valence-electron chi connectivity index (χ1n) is 5.30. The number of hydrogen-bond acceptors (Lipinski definition) is 4. The van der Waals surface area contributed by atoms with Gasteiger partial charge in [0.2, 0.25) is 11.8 Å². The molecule has 2 heterocycles. The van der Waals surface area contributed by atoms with Gasteiger partial charge in [-0.25, -0.2) is 0 Å². The van der Waals surface area contributed by atoms with Crippen molar-refractivity contribution in [3.05, 3.63) is 0 Å². The number of hydrogen-bond donors (Lipinski definition) is 2. The van der Waals surface area contributed by atoms with Crippen molar-refractivity contribution in [2.75, 3.05) is 6.54 Å². The molecular weight excluding hydrogens is 244 g/mol. The Kier molecular flexibility index (Phi) is 2.81. The molecule has 0 aromatic heterocycles. The number of carbonyl (C=O) groups is 3. The number of amides is 2. The average Bonchev–Trinajstić information content (AvgIpc) is 2.21. The van der Waals surface area contributed by atoms with E-state index in [-0.39, 0.29) is 23.7 Å². The number of fused-ring (bicyclic) bond motifs is 1. The lowest BCUT2D eigenvalue weighted by atomic mass is 9.87. The third-order valence-corrected chi connectivity index (χ3v) is 4.86. The third kappa shape index (κ3) is 1.88. The standard InChI is InChI=1S/C10H14N2O4S/c1-5(13)11-8-10(2,9(15)16)4-12-6(14)3-7(12)17-8/h7-8H,3-4H2,1-2H3,(H,11,13)(H,15,16)/t7-,8?,10?/m1/s1. The van der Waals surface area contributed by atoms with Gasteiger partial charge in [-0.15, -0.1) is 11.8 Å². The molecule has 0 aromatic rings. The van der Waals surface area contributed by atoms with E-state index < -0.39 is 16.8 Å². The van der Waals surface area contributed by atoms with Crippen LogP contribution in [0.2, 0.25) is 0 Å². The van der Waals surface area contributed by atoms with Gasteiger partial charge in [-0.05, 0) is 6.92 Å². The van der Waals surface area contributed by atoms with Crippen LogP contribution in [0, 0.1) is 5.41 Å². The molecule has 2 aliphatic rings. The van der Waals surface area contributed by atoms with E-state index in [0.717, 1.165) is 0 Å². The Hall–Kier alpha value is -1.24. The molecule has 2 saturated heterocycles. The lowest BCUT2D eigenvalue weighted by molar-refractivity contribution is -0.156. The van der Waals surface area contributed by atoms with Crippen LogP contribution in [0.25, 0.3) is 0 Å². The monoisotopic (exact) mass is 258 g/mol. The summed E-state index contributed by atoms with van der Waals surface area (Å²) in [5, 5.41) is 11.5. The fraction of sp³-hybridized carbons (Fsp3) is 0.700. The Morgan fingerprint density at radius 2 is 2.24 bits per heavy atom. The highest BCUT2D eigenvalue weighted by atomic mass is 32.2. The van der Waals surface area contributed by atoms with Crippen LogP contribution in [0.3, 0.4) is 0 Å². The van der Waals surface area contributed by atoms with Gasteiger partial charge in [0.05, 0.1) is 17.2 Å². The molecule has 2 unspecified atom stereocenters. The normalized spacial score (nSPS) is 35.9. The summed E-state index contributed by atoms with van der Waals surface area (Å²) in [7, 11) is 0. The molecule has 2 fully saturated rings. The van der Waals surface area contributed by atoms with E-state index in [1.54, 1.807) is 11.8 Å². The zero-order chi connectivity index (χ0) is 12.8. The fourth-order valence-electron chi connectivity index (χ4n) is 2.04. The average molecular weight is 258 g/mol. The number of nitrogens with zero attached hydrogens (tertiary/aromatic N) is 1. The van der Waals surface area contributed by atoms with Crippen molar-refractivity contribution in [3.63, 3.8) is 0 Å². The van der Waals surface area contributed by atoms with Gasteiger partial charge >= 0.3 is 5.97 Å². The first kappa shape index (κ1) is 12.2. The number of carboxylic acids is 1. The molecule has 2 aliphatic heterocycles. The van der Waals surface area contributed by atoms with E-state index in [1.807, 2.05) is 0 Å². The molecule has 3 atom stereocenters. The SMILES string of the molecule is CC(=O)NC1S[C@@H]2CC(=O)N2CC1(C)C(=O)O. The Labute approximate surface area is 103 Å². The summed E-state index contributed by atoms with van der Waals surface area (Å²) in [4.78, 5) is 35.3. The van der Waals surface area contributed by atoms with Crippen molar-refractivity contribution in [2.24, 2.45) is 5.41 Å². The van der Waals surface area contributed by atoms with E-state index in [2.05, 4.69) is 5.32 Å². The van der Waals surface area contributed by atoms with Gasteiger partial charge in [-0.3, -0.25) is 14.4 Å². The lowest BCUT2D eigenvalue weighted by Crippen LogP contribution is -2.66. The number of nitrogens with one attached hydrogen (secondary N) is 1. The van der Waals surface area contributed by atoms with Crippen LogP contribution in [0.4, 0.5) is 0 Å². The summed E-state index contributed by atoms with van der Waals surface area (Å²) in [5.74, 6) is -1.27. The van der Waals surface area contributed by atoms with Crippen LogP contribution in [-0.2, 0) is 14.4 Å². The number of carbonyl (C=O) groups excluding carboxylic acids is 2. The van der Waals surface area contributed by atoms with Crippen LogP contribution in [0.1, 0.15) is 20.3 Å². The summed E-state index contributed by atoms with van der Waals surface area (Å²) < 4.78 is 0. The lowest BCUT2D eigenvalue weighted by Gasteiger charge is -2.52. The van der Waals surface area contributed by atoms with E-state index in [0.29, 0.717) is 6.42 Å². The minimum Gasteiger partial charge on any atom is -0.481 e. The molecule has 0 aromatic carbocycles. The summed E-state index contributed by atoms with van der Waals surface area (Å²) in [5.41, 5.74) is -1.14. The van der Waals surface area contributed by atoms with Crippen molar-refractivity contribution in [1.29, 1.82) is 0 Å². The molecule has 2 rings (SSSR count). The zero-order valence-corrected chi connectivity index (χ0v) is 10.4. The largest absolute Gasteiger partial charge is 0.481 e. The molecule has 2 N–H and O–H groups in total. The van der Waals surface area contributed by atoms with Crippen molar-refractivity contribution in [1.82, 2.24) is 10.2 Å². The van der Waals surface area contributed by atoms with Gasteiger partial charge in [0.1, 0.15) is 5.41 Å². The molecule has 17 heavy (non-hydrogen) atoms. The van der Waals surface area contributed by atoms with Gasteiger partial charge in [0.25, 0.3) is 0 Å². The second-order valence-corrected chi connectivity index (χ2v) is 5.91. The van der Waals surface area contributed by atoms with Gasteiger partial charge in [-0.1, -0.05) is 0 Å². The van der Waals surface area contributed by atoms with Gasteiger partial charge in [-0.2, -0.15) is 0 Å². The molecular formula is C10H14N2O4S. The number of rotatable bonds is 2. The Morgan fingerprint density at radius 3 is 2.71 bits per heavy atom. The van der Waals surface area contributed by atoms with Crippen molar-refractivity contribution in [3.8, 4) is 0 Å². The highest BCUT2D eigenvalue weighted by Crippen LogP contribution is 2.45. The van der Waals surface area contributed by atoms with Gasteiger partial charge in [0, 0.05) is 13.5 Å². The molecule has 0 saturated carbocycles. The first-order valence-corrected chi connectivity index (χ1v) is 6.24. The maximum absolute atomic E-state index is 11.3. The smallest absolute Gasteiger partial charge is 0.314 e. The Bertz CT molecular complexity index is 400. The minimum absolute atomic E-state index is 0.00627. The molecule has 7 heteroatoms. The van der Waals surface area contributed by atoms with Crippen LogP contribution < -0.4 is 5.32 Å². The molecule has 0 spiro atoms. The van der Waals surface area contributed by atoms with Crippen molar-refractivity contribution in [2.45, 2.75) is 31.0 Å². The summed E-state index contributed by atoms with van der Waals surface area (Å²) in [6, 6.07) is 0. The fourth-order valence-corrected chi connectivity index (χ4v) is 3.64. The number of aliphatic carboxylic acids is 1. The van der Waals surface area contributed by atoms with Crippen LogP contribution in [0.15, 0.2) is 0 Å². The maximum Gasteiger partial charge on any atom is 0.314 e. The highest BCUT2D eigenvalue weighted by molar-refractivity contribution is 8.00. The van der Waals surface area contributed by atoms with Crippen LogP contribution in [0.5, 0.6) is 0 Å². The summed E-state index contributed by atoms with van der Waals surface area (Å²) in [6.07, 6.45) is 0.427. The second kappa shape index (κ2) is 3.90. The van der Waals surface area contributed by atoms with Crippen LogP contribution >= 0.6 is 11.8 Å². The molecule has 94 valence electrons. The predicted molar refractivity (Wildman–Crippen MR) is 61.1 cm³/mol. The quantitative estimate of drug-likeness (QED) is 0.672. The topological polar surface area (TPSA) is 86.7 Å². The highest BCUT2D eigenvalue weighted by Gasteiger charge is 2.55. The van der Waals surface area contributed by atoms with Gasteiger partial charge in [0.15, 0.2) is 0 Å². The van der Waals surface area contributed by atoms with Gasteiger partial charge < -0.3 is 15.3 Å². The minimum atomic E-state index is -1.14. The second-order valence-electron chi connectivity index (χ2n) is 4.62. The van der Waals surface area contributed by atoms with Crippen LogP contribution in [-0.4, -0.2) is 45.1 Å². The van der Waals surface area contributed by atoms with E-state index in [9.17, 15) is 19.5 Å². The number of carboxylic acid groups (broad SMARTS) is 1. The maximum atomic E-state index is 11.3. The number of β-lactam (4-membered cyclic amide) rings is 1. The zero-order valence-electron chi connectivity index (χ0n) is 9.60. The molecule has 6 nitrogen and oxygen atoms in total. The number of thioether (sulfide) groups is 1. The molecule has 2 amide bonds. The van der Waals surface area contributed by atoms with E-state index >= 15 is 0 Å². The Balaban J connectivity index is 2.21. The summed E-state index contributed by atoms with van der Waals surface area (Å²) >= 11 is 1.34. The first-order chi connectivity index (χ1) is 7.84. The predicted octanol–water partition coefficient (Wildman–Crippen LogP) is -0.155. The third-order valence-electron chi connectivity index (χ3n) is 3.21. The molecule has 0 radical (unpaired) electrons. The Morgan fingerprint density at radius 1 is 1.59 bits per heavy atom. The van der Waals surface area contributed by atoms with Crippen molar-refractivity contribution < 1.29 is 19.5 Å².